The minimum Gasteiger partial charge on any atom is -0.353 e. The molecule has 18 heavy (non-hydrogen) atoms. The van der Waals surface area contributed by atoms with Crippen LogP contribution >= 0.6 is 11.8 Å². The molecule has 0 saturated carbocycles. The Morgan fingerprint density at radius 1 is 1.44 bits per heavy atom. The largest absolute Gasteiger partial charge is 0.353 e. The van der Waals surface area contributed by atoms with E-state index in [0.717, 1.165) is 10.5 Å². The number of amides is 1. The van der Waals surface area contributed by atoms with Gasteiger partial charge >= 0.3 is 0 Å². The highest BCUT2D eigenvalue weighted by Crippen LogP contribution is 2.27. The quantitative estimate of drug-likeness (QED) is 0.808. The molecule has 1 aromatic rings. The summed E-state index contributed by atoms with van der Waals surface area (Å²) in [4.78, 5) is 12.4. The number of thioether (sulfide) groups is 1. The van der Waals surface area contributed by atoms with Crippen LogP contribution in [0.15, 0.2) is 23.1 Å². The van der Waals surface area contributed by atoms with E-state index in [-0.39, 0.29) is 23.8 Å². The lowest BCUT2D eigenvalue weighted by atomic mass is 10.1. The van der Waals surface area contributed by atoms with Crippen molar-refractivity contribution in [1.82, 2.24) is 5.32 Å². The number of halogens is 1. The van der Waals surface area contributed by atoms with Gasteiger partial charge in [-0.3, -0.25) is 4.79 Å². The fourth-order valence-corrected chi connectivity index (χ4v) is 2.46. The van der Waals surface area contributed by atoms with Crippen LogP contribution in [0.4, 0.5) is 4.39 Å². The smallest absolute Gasteiger partial charge is 0.230 e. The zero-order valence-electron chi connectivity index (χ0n) is 10.9. The Bertz CT molecular complexity index is 421. The van der Waals surface area contributed by atoms with Gasteiger partial charge in [0.2, 0.25) is 5.91 Å². The molecule has 1 aromatic carbocycles. The summed E-state index contributed by atoms with van der Waals surface area (Å²) in [6.45, 7) is 5.62. The molecular formula is C13H19FN2OS. The molecule has 0 spiro atoms. The van der Waals surface area contributed by atoms with Gasteiger partial charge in [0, 0.05) is 17.0 Å². The Morgan fingerprint density at radius 3 is 2.67 bits per heavy atom. The fraction of sp³-hybridized carbons (Fsp3) is 0.462. The van der Waals surface area contributed by atoms with Crippen LogP contribution in [0.3, 0.4) is 0 Å². The fourth-order valence-electron chi connectivity index (χ4n) is 1.51. The highest BCUT2D eigenvalue weighted by atomic mass is 32.2. The number of hydrogen-bond acceptors (Lipinski definition) is 3. The van der Waals surface area contributed by atoms with Crippen molar-refractivity contribution in [2.45, 2.75) is 37.8 Å². The summed E-state index contributed by atoms with van der Waals surface area (Å²) in [6.07, 6.45) is 0. The average molecular weight is 270 g/mol. The van der Waals surface area contributed by atoms with Gasteiger partial charge in [0.1, 0.15) is 5.82 Å². The van der Waals surface area contributed by atoms with E-state index in [2.05, 4.69) is 5.32 Å². The monoisotopic (exact) mass is 270 g/mol. The molecule has 100 valence electrons. The molecule has 0 fully saturated rings. The normalized spacial score (nSPS) is 12.6. The number of nitrogens with one attached hydrogen (secondary N) is 1. The summed E-state index contributed by atoms with van der Waals surface area (Å²) >= 11 is 1.38. The van der Waals surface area contributed by atoms with E-state index in [1.807, 2.05) is 13.8 Å². The standard InChI is InChI=1S/C13H19FN2OS/c1-8(2)16-13(17)7-18-12-5-4-10(14)6-11(12)9(3)15/h4-6,8-9H,7,15H2,1-3H3,(H,16,17)/t9-/m1/s1. The van der Waals surface area contributed by atoms with Crippen molar-refractivity contribution in [1.29, 1.82) is 0 Å². The van der Waals surface area contributed by atoms with E-state index < -0.39 is 0 Å². The molecule has 1 atom stereocenters. The third-order valence-electron chi connectivity index (χ3n) is 2.27. The Balaban J connectivity index is 2.70. The van der Waals surface area contributed by atoms with Crippen molar-refractivity contribution in [2.75, 3.05) is 5.75 Å². The summed E-state index contributed by atoms with van der Waals surface area (Å²) < 4.78 is 13.1. The first-order valence-corrected chi connectivity index (χ1v) is 6.86. The SMILES string of the molecule is CC(C)NC(=O)CSc1ccc(F)cc1[C@@H](C)N. The molecule has 1 amide bonds. The van der Waals surface area contributed by atoms with Gasteiger partial charge in [-0.2, -0.15) is 0 Å². The third kappa shape index (κ3) is 4.66. The lowest BCUT2D eigenvalue weighted by Gasteiger charge is -2.13. The molecule has 0 aliphatic carbocycles. The second-order valence-corrected chi connectivity index (χ2v) is 5.50. The second kappa shape index (κ2) is 6.75. The molecule has 3 N–H and O–H groups in total. The van der Waals surface area contributed by atoms with Gasteiger partial charge in [-0.1, -0.05) is 0 Å². The lowest BCUT2D eigenvalue weighted by Crippen LogP contribution is -2.31. The van der Waals surface area contributed by atoms with E-state index in [1.165, 1.54) is 23.9 Å². The van der Waals surface area contributed by atoms with Gasteiger partial charge in [-0.25, -0.2) is 4.39 Å². The summed E-state index contributed by atoms with van der Waals surface area (Å²) in [7, 11) is 0. The Kier molecular flexibility index (Phi) is 5.62. The van der Waals surface area contributed by atoms with Crippen molar-refractivity contribution < 1.29 is 9.18 Å². The summed E-state index contributed by atoms with van der Waals surface area (Å²) in [5.41, 5.74) is 6.52. The topological polar surface area (TPSA) is 55.1 Å². The van der Waals surface area contributed by atoms with E-state index >= 15 is 0 Å². The first-order chi connectivity index (χ1) is 8.40. The molecule has 0 radical (unpaired) electrons. The van der Waals surface area contributed by atoms with E-state index in [0.29, 0.717) is 5.75 Å². The summed E-state index contributed by atoms with van der Waals surface area (Å²) in [6, 6.07) is 4.35. The first kappa shape index (κ1) is 15.0. The molecule has 5 heteroatoms. The van der Waals surface area contributed by atoms with Crippen LogP contribution in [0, 0.1) is 5.82 Å². The van der Waals surface area contributed by atoms with E-state index in [9.17, 15) is 9.18 Å². The van der Waals surface area contributed by atoms with Gasteiger partial charge in [0.15, 0.2) is 0 Å². The maximum atomic E-state index is 13.1. The number of hydrogen-bond donors (Lipinski definition) is 2. The summed E-state index contributed by atoms with van der Waals surface area (Å²) in [5, 5.41) is 2.81. The van der Waals surface area contributed by atoms with Crippen LogP contribution in [0.2, 0.25) is 0 Å². The number of carbonyl (C=O) groups is 1. The molecule has 3 nitrogen and oxygen atoms in total. The highest BCUT2D eigenvalue weighted by Gasteiger charge is 2.11. The predicted octanol–water partition coefficient (Wildman–Crippen LogP) is 2.46. The van der Waals surface area contributed by atoms with Crippen molar-refractivity contribution in [3.05, 3.63) is 29.6 Å². The molecular weight excluding hydrogens is 251 g/mol. The van der Waals surface area contributed by atoms with Crippen LogP contribution in [0.1, 0.15) is 32.4 Å². The van der Waals surface area contributed by atoms with Crippen molar-refractivity contribution >= 4 is 17.7 Å². The van der Waals surface area contributed by atoms with Crippen LogP contribution in [-0.2, 0) is 4.79 Å². The van der Waals surface area contributed by atoms with Gasteiger partial charge in [0.05, 0.1) is 5.75 Å². The average Bonchev–Trinajstić information content (AvgIpc) is 2.26. The molecule has 0 unspecified atom stereocenters. The lowest BCUT2D eigenvalue weighted by molar-refractivity contribution is -0.119. The Morgan fingerprint density at radius 2 is 2.11 bits per heavy atom. The van der Waals surface area contributed by atoms with Gasteiger partial charge in [0.25, 0.3) is 0 Å². The zero-order chi connectivity index (χ0) is 13.7. The number of nitrogens with two attached hydrogens (primary N) is 1. The molecule has 0 bridgehead atoms. The minimum atomic E-state index is -0.307. The van der Waals surface area contributed by atoms with Gasteiger partial charge in [-0.15, -0.1) is 11.8 Å². The summed E-state index contributed by atoms with van der Waals surface area (Å²) in [5.74, 6) is -0.0305. The molecule has 0 aromatic heterocycles. The van der Waals surface area contributed by atoms with Crippen LogP contribution < -0.4 is 11.1 Å². The van der Waals surface area contributed by atoms with Crippen LogP contribution in [-0.4, -0.2) is 17.7 Å². The first-order valence-electron chi connectivity index (χ1n) is 5.87. The molecule has 0 heterocycles. The van der Waals surface area contributed by atoms with Gasteiger partial charge in [-0.05, 0) is 44.5 Å². The van der Waals surface area contributed by atoms with E-state index in [1.54, 1.807) is 13.0 Å². The maximum Gasteiger partial charge on any atom is 0.230 e. The third-order valence-corrected chi connectivity index (χ3v) is 3.36. The zero-order valence-corrected chi connectivity index (χ0v) is 11.7. The van der Waals surface area contributed by atoms with Crippen molar-refractivity contribution in [2.24, 2.45) is 5.73 Å². The Labute approximate surface area is 111 Å². The van der Waals surface area contributed by atoms with Crippen LogP contribution in [0.5, 0.6) is 0 Å². The molecule has 0 aliphatic heterocycles. The second-order valence-electron chi connectivity index (χ2n) is 4.48. The minimum absolute atomic E-state index is 0.0325. The molecule has 1 rings (SSSR count). The van der Waals surface area contributed by atoms with Crippen LogP contribution in [0.25, 0.3) is 0 Å². The van der Waals surface area contributed by atoms with E-state index in [4.69, 9.17) is 5.73 Å². The van der Waals surface area contributed by atoms with Crippen molar-refractivity contribution in [3.8, 4) is 0 Å². The molecule has 0 saturated heterocycles. The Hall–Kier alpha value is -1.07. The number of rotatable bonds is 5. The van der Waals surface area contributed by atoms with Crippen molar-refractivity contribution in [3.63, 3.8) is 0 Å². The number of benzene rings is 1. The maximum absolute atomic E-state index is 13.1. The number of carbonyl (C=O) groups excluding carboxylic acids is 1. The predicted molar refractivity (Wildman–Crippen MR) is 73.0 cm³/mol. The highest BCUT2D eigenvalue weighted by molar-refractivity contribution is 8.00. The molecule has 0 aliphatic rings. The van der Waals surface area contributed by atoms with Gasteiger partial charge < -0.3 is 11.1 Å².